The van der Waals surface area contributed by atoms with Gasteiger partial charge in [0.2, 0.25) is 0 Å². The summed E-state index contributed by atoms with van der Waals surface area (Å²) in [6, 6.07) is 0. The van der Waals surface area contributed by atoms with E-state index in [2.05, 4.69) is 27.0 Å². The van der Waals surface area contributed by atoms with Crippen LogP contribution in [0.1, 0.15) is 13.3 Å². The molecule has 1 nitrogen and oxygen atoms in total. The molecular formula is C6H8BrN. The number of alkyl halides is 1. The van der Waals surface area contributed by atoms with Crippen molar-refractivity contribution >= 4 is 22.1 Å². The molecule has 0 bridgehead atoms. The topological polar surface area (TPSA) is 12.4 Å². The Labute approximate surface area is 57.6 Å². The van der Waals surface area contributed by atoms with Crippen molar-refractivity contribution in [2.75, 3.05) is 0 Å². The predicted octanol–water partition coefficient (Wildman–Crippen LogP) is 2.13. The highest BCUT2D eigenvalue weighted by Gasteiger charge is 2.00. The summed E-state index contributed by atoms with van der Waals surface area (Å²) in [5.74, 6) is 0. The van der Waals surface area contributed by atoms with Crippen molar-refractivity contribution in [1.82, 2.24) is 0 Å². The number of rotatable bonds is 0. The zero-order valence-corrected chi connectivity index (χ0v) is 6.35. The molecule has 0 aromatic heterocycles. The van der Waals surface area contributed by atoms with Crippen molar-refractivity contribution in [3.8, 4) is 0 Å². The molecule has 0 saturated heterocycles. The van der Waals surface area contributed by atoms with Crippen molar-refractivity contribution in [2.24, 2.45) is 4.99 Å². The molecule has 0 saturated carbocycles. The molecule has 0 aromatic carbocycles. The molecule has 8 heavy (non-hydrogen) atoms. The standard InChI is InChI=1S/C6H8BrN/c1-5-2-3-6(7)4-8-5/h2,4,6H,3H2,1H3. The third-order valence-electron chi connectivity index (χ3n) is 1.08. The summed E-state index contributed by atoms with van der Waals surface area (Å²) in [5.41, 5.74) is 1.13. The zero-order chi connectivity index (χ0) is 5.98. The van der Waals surface area contributed by atoms with Gasteiger partial charge in [0.25, 0.3) is 0 Å². The van der Waals surface area contributed by atoms with E-state index in [1.165, 1.54) is 0 Å². The first-order valence-corrected chi connectivity index (χ1v) is 3.55. The smallest absolute Gasteiger partial charge is 0.0533 e. The molecule has 2 heteroatoms. The highest BCUT2D eigenvalue weighted by molar-refractivity contribution is 9.09. The van der Waals surface area contributed by atoms with E-state index in [-0.39, 0.29) is 0 Å². The normalized spacial score (nSPS) is 27.8. The highest BCUT2D eigenvalue weighted by atomic mass is 79.9. The summed E-state index contributed by atoms with van der Waals surface area (Å²) in [6.45, 7) is 2.01. The number of halogens is 1. The monoisotopic (exact) mass is 173 g/mol. The molecule has 0 radical (unpaired) electrons. The van der Waals surface area contributed by atoms with Gasteiger partial charge in [-0.05, 0) is 13.3 Å². The lowest BCUT2D eigenvalue weighted by Gasteiger charge is -2.04. The van der Waals surface area contributed by atoms with Gasteiger partial charge in [-0.1, -0.05) is 22.0 Å². The molecule has 1 aliphatic heterocycles. The summed E-state index contributed by atoms with van der Waals surface area (Å²) in [4.78, 5) is 4.56. The molecule has 1 atom stereocenters. The van der Waals surface area contributed by atoms with Crippen LogP contribution in [-0.4, -0.2) is 11.0 Å². The van der Waals surface area contributed by atoms with Gasteiger partial charge in [0.05, 0.1) is 4.83 Å². The fraction of sp³-hybridized carbons (Fsp3) is 0.500. The van der Waals surface area contributed by atoms with Crippen LogP contribution >= 0.6 is 15.9 Å². The minimum atomic E-state index is 0.464. The zero-order valence-electron chi connectivity index (χ0n) is 4.76. The molecule has 44 valence electrons. The van der Waals surface area contributed by atoms with Gasteiger partial charge in [-0.25, -0.2) is 0 Å². The third-order valence-corrected chi connectivity index (χ3v) is 1.69. The van der Waals surface area contributed by atoms with Gasteiger partial charge in [-0.3, -0.25) is 4.99 Å². The van der Waals surface area contributed by atoms with Crippen LogP contribution in [0.5, 0.6) is 0 Å². The molecule has 0 aliphatic carbocycles. The van der Waals surface area contributed by atoms with E-state index in [1.54, 1.807) is 0 Å². The van der Waals surface area contributed by atoms with E-state index in [9.17, 15) is 0 Å². The number of aliphatic imine (C=N–C) groups is 1. The molecule has 0 aromatic rings. The second-order valence-electron chi connectivity index (χ2n) is 1.88. The lowest BCUT2D eigenvalue weighted by atomic mass is 10.2. The van der Waals surface area contributed by atoms with Gasteiger partial charge in [0.15, 0.2) is 0 Å². The highest BCUT2D eigenvalue weighted by Crippen LogP contribution is 2.11. The summed E-state index contributed by atoms with van der Waals surface area (Å²) in [6.07, 6.45) is 5.13. The maximum atomic E-state index is 4.10. The summed E-state index contributed by atoms with van der Waals surface area (Å²) >= 11 is 3.42. The van der Waals surface area contributed by atoms with Gasteiger partial charge in [-0.15, -0.1) is 0 Å². The summed E-state index contributed by atoms with van der Waals surface area (Å²) < 4.78 is 0. The maximum absolute atomic E-state index is 4.10. The van der Waals surface area contributed by atoms with Gasteiger partial charge in [0.1, 0.15) is 0 Å². The second-order valence-corrected chi connectivity index (χ2v) is 3.05. The van der Waals surface area contributed by atoms with Crippen molar-refractivity contribution in [3.63, 3.8) is 0 Å². The Hall–Kier alpha value is -0.110. The van der Waals surface area contributed by atoms with Gasteiger partial charge >= 0.3 is 0 Å². The fourth-order valence-corrected chi connectivity index (χ4v) is 0.900. The predicted molar refractivity (Wildman–Crippen MR) is 39.6 cm³/mol. The van der Waals surface area contributed by atoms with Crippen molar-refractivity contribution in [3.05, 3.63) is 11.8 Å². The van der Waals surface area contributed by atoms with E-state index in [0.717, 1.165) is 12.1 Å². The van der Waals surface area contributed by atoms with Crippen molar-refractivity contribution < 1.29 is 0 Å². The summed E-state index contributed by atoms with van der Waals surface area (Å²) in [7, 11) is 0. The Balaban J connectivity index is 2.58. The van der Waals surface area contributed by atoms with E-state index < -0.39 is 0 Å². The Morgan fingerprint density at radius 3 is 3.00 bits per heavy atom. The quantitative estimate of drug-likeness (QED) is 0.499. The largest absolute Gasteiger partial charge is 0.265 e. The molecule has 0 N–H and O–H groups in total. The van der Waals surface area contributed by atoms with Crippen LogP contribution in [-0.2, 0) is 0 Å². The third kappa shape index (κ3) is 1.44. The molecule has 1 unspecified atom stereocenters. The molecule has 1 heterocycles. The fourth-order valence-electron chi connectivity index (χ4n) is 0.595. The van der Waals surface area contributed by atoms with Crippen LogP contribution in [0.15, 0.2) is 16.8 Å². The van der Waals surface area contributed by atoms with Gasteiger partial charge in [0, 0.05) is 11.9 Å². The maximum Gasteiger partial charge on any atom is 0.0533 e. The minimum Gasteiger partial charge on any atom is -0.265 e. The molecule has 1 rings (SSSR count). The van der Waals surface area contributed by atoms with Crippen LogP contribution in [0.25, 0.3) is 0 Å². The van der Waals surface area contributed by atoms with Crippen molar-refractivity contribution in [2.45, 2.75) is 18.2 Å². The molecule has 1 aliphatic rings. The number of allylic oxidation sites excluding steroid dienone is 2. The van der Waals surface area contributed by atoms with Gasteiger partial charge in [-0.2, -0.15) is 0 Å². The lowest BCUT2D eigenvalue weighted by Crippen LogP contribution is -2.01. The SMILES string of the molecule is CC1=CCC(Br)C=N1. The average Bonchev–Trinajstić information content (AvgIpc) is 1.77. The second kappa shape index (κ2) is 2.44. The Bertz CT molecular complexity index is 137. The van der Waals surface area contributed by atoms with E-state index in [4.69, 9.17) is 0 Å². The van der Waals surface area contributed by atoms with Crippen LogP contribution < -0.4 is 0 Å². The first kappa shape index (κ1) is 6.02. The van der Waals surface area contributed by atoms with Crippen LogP contribution in [0.3, 0.4) is 0 Å². The average molecular weight is 174 g/mol. The van der Waals surface area contributed by atoms with Crippen LogP contribution in [0.4, 0.5) is 0 Å². The molecule has 0 fully saturated rings. The minimum absolute atomic E-state index is 0.464. The first-order valence-electron chi connectivity index (χ1n) is 2.64. The molecule has 0 amide bonds. The summed E-state index contributed by atoms with van der Waals surface area (Å²) in [5, 5.41) is 0. The Morgan fingerprint density at radius 2 is 2.62 bits per heavy atom. The first-order chi connectivity index (χ1) is 3.79. The van der Waals surface area contributed by atoms with E-state index in [1.807, 2.05) is 13.1 Å². The molecule has 0 spiro atoms. The Morgan fingerprint density at radius 1 is 1.88 bits per heavy atom. The van der Waals surface area contributed by atoms with Crippen LogP contribution in [0, 0.1) is 0 Å². The number of hydrogen-bond acceptors (Lipinski definition) is 1. The number of hydrogen-bond donors (Lipinski definition) is 0. The lowest BCUT2D eigenvalue weighted by molar-refractivity contribution is 1.07. The van der Waals surface area contributed by atoms with E-state index >= 15 is 0 Å². The number of nitrogens with zero attached hydrogens (tertiary/aromatic N) is 1. The van der Waals surface area contributed by atoms with Crippen molar-refractivity contribution in [1.29, 1.82) is 0 Å². The van der Waals surface area contributed by atoms with Gasteiger partial charge < -0.3 is 0 Å². The van der Waals surface area contributed by atoms with Crippen LogP contribution in [0.2, 0.25) is 0 Å². The Kier molecular flexibility index (Phi) is 1.84. The molecular weight excluding hydrogens is 166 g/mol. The van der Waals surface area contributed by atoms with E-state index in [0.29, 0.717) is 4.83 Å².